The van der Waals surface area contributed by atoms with Gasteiger partial charge >= 0.3 is 0 Å². The summed E-state index contributed by atoms with van der Waals surface area (Å²) in [5.41, 5.74) is -0.596. The predicted octanol–water partition coefficient (Wildman–Crippen LogP) is 1.59. The van der Waals surface area contributed by atoms with Crippen molar-refractivity contribution in [1.82, 2.24) is 10.6 Å². The average molecular weight is 318 g/mol. The maximum Gasteiger partial charge on any atom is 0.225 e. The first-order chi connectivity index (χ1) is 9.96. The molecule has 2 amide bonds. The maximum absolute atomic E-state index is 11.2. The summed E-state index contributed by atoms with van der Waals surface area (Å²) < 4.78 is 9.58. The van der Waals surface area contributed by atoms with Crippen molar-refractivity contribution in [2.24, 2.45) is 10.8 Å². The monoisotopic (exact) mass is 318 g/mol. The molecule has 6 heteroatoms. The van der Waals surface area contributed by atoms with Crippen molar-refractivity contribution in [3.8, 4) is 0 Å². The molecule has 0 fully saturated rings. The maximum atomic E-state index is 11.2. The third kappa shape index (κ3) is 13.8. The predicted molar refractivity (Wildman–Crippen MR) is 88.7 cm³/mol. The van der Waals surface area contributed by atoms with E-state index in [1.807, 2.05) is 41.5 Å². The SMILES string of the molecule is COCCNC(=O)C(C)(C)C.COCCNC(=O)C(C)(C)C. The Morgan fingerprint density at radius 3 is 1.18 bits per heavy atom. The van der Waals surface area contributed by atoms with Gasteiger partial charge in [-0.3, -0.25) is 9.59 Å². The van der Waals surface area contributed by atoms with E-state index >= 15 is 0 Å². The van der Waals surface area contributed by atoms with Crippen LogP contribution >= 0.6 is 0 Å². The van der Waals surface area contributed by atoms with Gasteiger partial charge in [-0.05, 0) is 0 Å². The van der Waals surface area contributed by atoms with Gasteiger partial charge in [-0.1, -0.05) is 41.5 Å². The van der Waals surface area contributed by atoms with Gasteiger partial charge in [-0.15, -0.1) is 0 Å². The molecular formula is C16H34N2O4. The van der Waals surface area contributed by atoms with Crippen LogP contribution in [0.15, 0.2) is 0 Å². The lowest BCUT2D eigenvalue weighted by atomic mass is 9.96. The van der Waals surface area contributed by atoms with Gasteiger partial charge in [0.15, 0.2) is 0 Å². The van der Waals surface area contributed by atoms with E-state index in [0.29, 0.717) is 26.3 Å². The smallest absolute Gasteiger partial charge is 0.225 e. The van der Waals surface area contributed by atoms with E-state index in [2.05, 4.69) is 10.6 Å². The van der Waals surface area contributed by atoms with Gasteiger partial charge in [0.2, 0.25) is 11.8 Å². The van der Waals surface area contributed by atoms with Crippen LogP contribution in [0.3, 0.4) is 0 Å². The third-order valence-electron chi connectivity index (χ3n) is 2.55. The molecule has 0 unspecified atom stereocenters. The van der Waals surface area contributed by atoms with Crippen molar-refractivity contribution in [3.05, 3.63) is 0 Å². The highest BCUT2D eigenvalue weighted by atomic mass is 16.5. The highest BCUT2D eigenvalue weighted by Gasteiger charge is 2.20. The Balaban J connectivity index is 0. The number of rotatable bonds is 6. The number of ether oxygens (including phenoxy) is 2. The Morgan fingerprint density at radius 2 is 1.00 bits per heavy atom. The molecule has 6 nitrogen and oxygen atoms in total. The first kappa shape index (κ1) is 23.1. The second-order valence-corrected chi connectivity index (χ2v) is 7.00. The van der Waals surface area contributed by atoms with E-state index in [4.69, 9.17) is 9.47 Å². The third-order valence-corrected chi connectivity index (χ3v) is 2.55. The average Bonchev–Trinajstić information content (AvgIpc) is 2.37. The molecule has 0 aliphatic rings. The summed E-state index contributed by atoms with van der Waals surface area (Å²) in [6.45, 7) is 13.6. The van der Waals surface area contributed by atoms with Gasteiger partial charge in [0.05, 0.1) is 13.2 Å². The van der Waals surface area contributed by atoms with Crippen molar-refractivity contribution in [3.63, 3.8) is 0 Å². The fourth-order valence-corrected chi connectivity index (χ4v) is 1.06. The van der Waals surface area contributed by atoms with E-state index in [1.165, 1.54) is 0 Å². The summed E-state index contributed by atoms with van der Waals surface area (Å²) in [6, 6.07) is 0. The van der Waals surface area contributed by atoms with Crippen LogP contribution in [-0.2, 0) is 19.1 Å². The molecule has 0 aliphatic carbocycles. The van der Waals surface area contributed by atoms with E-state index in [-0.39, 0.29) is 22.6 Å². The number of amides is 2. The Kier molecular flexibility index (Phi) is 12.0. The molecule has 0 aromatic rings. The molecule has 0 aliphatic heterocycles. The first-order valence-corrected chi connectivity index (χ1v) is 7.51. The fraction of sp³-hybridized carbons (Fsp3) is 0.875. The van der Waals surface area contributed by atoms with Crippen LogP contribution in [-0.4, -0.2) is 52.3 Å². The molecule has 0 rings (SSSR count). The molecular weight excluding hydrogens is 284 g/mol. The summed E-state index contributed by atoms with van der Waals surface area (Å²) >= 11 is 0. The van der Waals surface area contributed by atoms with Gasteiger partial charge in [-0.25, -0.2) is 0 Å². The molecule has 0 aromatic heterocycles. The van der Waals surface area contributed by atoms with Gasteiger partial charge in [-0.2, -0.15) is 0 Å². The topological polar surface area (TPSA) is 76.7 Å². The zero-order valence-corrected chi connectivity index (χ0v) is 15.5. The lowest BCUT2D eigenvalue weighted by Gasteiger charge is -2.17. The Labute approximate surface area is 135 Å². The molecule has 22 heavy (non-hydrogen) atoms. The Bertz CT molecular complexity index is 285. The number of carbonyl (C=O) groups excluding carboxylic acids is 2. The number of hydrogen-bond acceptors (Lipinski definition) is 4. The molecule has 2 N–H and O–H groups in total. The van der Waals surface area contributed by atoms with Crippen molar-refractivity contribution in [2.45, 2.75) is 41.5 Å². The molecule has 132 valence electrons. The minimum atomic E-state index is -0.298. The molecule has 0 saturated carbocycles. The molecule has 0 spiro atoms. The molecule has 0 bridgehead atoms. The zero-order valence-electron chi connectivity index (χ0n) is 15.5. The summed E-state index contributed by atoms with van der Waals surface area (Å²) in [7, 11) is 3.23. The van der Waals surface area contributed by atoms with E-state index in [0.717, 1.165) is 0 Å². The number of methoxy groups -OCH3 is 2. The molecule has 0 saturated heterocycles. The number of carbonyl (C=O) groups is 2. The molecule has 0 aromatic carbocycles. The summed E-state index contributed by atoms with van der Waals surface area (Å²) in [5.74, 6) is 0.129. The molecule has 0 atom stereocenters. The van der Waals surface area contributed by atoms with Crippen molar-refractivity contribution in [1.29, 1.82) is 0 Å². The van der Waals surface area contributed by atoms with E-state index in [1.54, 1.807) is 14.2 Å². The van der Waals surface area contributed by atoms with Crippen LogP contribution < -0.4 is 10.6 Å². The molecule has 0 heterocycles. The minimum Gasteiger partial charge on any atom is -0.383 e. The van der Waals surface area contributed by atoms with Crippen LogP contribution in [0.4, 0.5) is 0 Å². The number of hydrogen-bond donors (Lipinski definition) is 2. The van der Waals surface area contributed by atoms with Crippen LogP contribution in [0, 0.1) is 10.8 Å². The van der Waals surface area contributed by atoms with E-state index < -0.39 is 0 Å². The Morgan fingerprint density at radius 1 is 0.727 bits per heavy atom. The quantitative estimate of drug-likeness (QED) is 0.729. The van der Waals surface area contributed by atoms with Crippen LogP contribution in [0.2, 0.25) is 0 Å². The second kappa shape index (κ2) is 11.4. The lowest BCUT2D eigenvalue weighted by molar-refractivity contribution is -0.129. The largest absolute Gasteiger partial charge is 0.383 e. The summed E-state index contributed by atoms with van der Waals surface area (Å²) in [6.07, 6.45) is 0. The summed E-state index contributed by atoms with van der Waals surface area (Å²) in [4.78, 5) is 22.3. The Hall–Kier alpha value is -1.14. The summed E-state index contributed by atoms with van der Waals surface area (Å²) in [5, 5.41) is 5.52. The molecule has 0 radical (unpaired) electrons. The van der Waals surface area contributed by atoms with Gasteiger partial charge in [0, 0.05) is 38.1 Å². The van der Waals surface area contributed by atoms with Crippen LogP contribution in [0.25, 0.3) is 0 Å². The minimum absolute atomic E-state index is 0.0644. The first-order valence-electron chi connectivity index (χ1n) is 7.51. The second-order valence-electron chi connectivity index (χ2n) is 7.00. The van der Waals surface area contributed by atoms with Crippen LogP contribution in [0.5, 0.6) is 0 Å². The highest BCUT2D eigenvalue weighted by Crippen LogP contribution is 2.12. The van der Waals surface area contributed by atoms with Crippen molar-refractivity contribution >= 4 is 11.8 Å². The van der Waals surface area contributed by atoms with Gasteiger partial charge in [0.1, 0.15) is 0 Å². The number of nitrogens with one attached hydrogen (secondary N) is 2. The zero-order chi connectivity index (χ0) is 17.8. The standard InChI is InChI=1S/2C8H17NO2/c2*1-8(2,3)7(10)9-5-6-11-4/h2*5-6H2,1-4H3,(H,9,10). The van der Waals surface area contributed by atoms with E-state index in [9.17, 15) is 9.59 Å². The van der Waals surface area contributed by atoms with Gasteiger partial charge < -0.3 is 20.1 Å². The van der Waals surface area contributed by atoms with Crippen molar-refractivity contribution in [2.75, 3.05) is 40.5 Å². The lowest BCUT2D eigenvalue weighted by Crippen LogP contribution is -2.36. The normalized spacial score (nSPS) is 11.3. The van der Waals surface area contributed by atoms with Crippen LogP contribution in [0.1, 0.15) is 41.5 Å². The van der Waals surface area contributed by atoms with Gasteiger partial charge in [0.25, 0.3) is 0 Å². The fourth-order valence-electron chi connectivity index (χ4n) is 1.06. The van der Waals surface area contributed by atoms with Crippen molar-refractivity contribution < 1.29 is 19.1 Å². The highest BCUT2D eigenvalue weighted by molar-refractivity contribution is 5.81.